The van der Waals surface area contributed by atoms with E-state index < -0.39 is 5.97 Å². The molecule has 2 aromatic carbocycles. The van der Waals surface area contributed by atoms with Crippen LogP contribution in [0, 0.1) is 12.8 Å². The van der Waals surface area contributed by atoms with Crippen molar-refractivity contribution < 1.29 is 14.3 Å². The molecule has 0 aliphatic heterocycles. The number of benzene rings is 2. The molecule has 0 saturated heterocycles. The summed E-state index contributed by atoms with van der Waals surface area (Å²) in [4.78, 5) is 30.1. The summed E-state index contributed by atoms with van der Waals surface area (Å²) in [6, 6.07) is 15.1. The van der Waals surface area contributed by atoms with Crippen molar-refractivity contribution in [1.29, 1.82) is 0 Å². The van der Waals surface area contributed by atoms with Crippen LogP contribution in [0.4, 0.5) is 5.69 Å². The van der Waals surface area contributed by atoms with Gasteiger partial charge in [0.15, 0.2) is 6.61 Å². The van der Waals surface area contributed by atoms with Crippen molar-refractivity contribution in [2.45, 2.75) is 33.1 Å². The van der Waals surface area contributed by atoms with Crippen LogP contribution in [0.25, 0.3) is 10.9 Å². The minimum Gasteiger partial charge on any atom is -0.452 e. The highest BCUT2D eigenvalue weighted by molar-refractivity contribution is 6.06. The van der Waals surface area contributed by atoms with Gasteiger partial charge in [0.25, 0.3) is 5.91 Å². The van der Waals surface area contributed by atoms with E-state index in [-0.39, 0.29) is 12.5 Å². The van der Waals surface area contributed by atoms with E-state index >= 15 is 0 Å². The number of carbonyl (C=O) groups is 2. The Labute approximate surface area is 170 Å². The van der Waals surface area contributed by atoms with Crippen molar-refractivity contribution >= 4 is 28.5 Å². The van der Waals surface area contributed by atoms with Crippen molar-refractivity contribution in [3.8, 4) is 0 Å². The van der Waals surface area contributed by atoms with Crippen molar-refractivity contribution in [2.24, 2.45) is 5.92 Å². The molecule has 0 spiro atoms. The van der Waals surface area contributed by atoms with E-state index in [1.165, 1.54) is 0 Å². The zero-order chi connectivity index (χ0) is 20.4. The molecule has 0 unspecified atom stereocenters. The lowest BCUT2D eigenvalue weighted by molar-refractivity contribution is -0.119. The van der Waals surface area contributed by atoms with Gasteiger partial charge in [-0.3, -0.25) is 9.78 Å². The Morgan fingerprint density at radius 1 is 1.14 bits per heavy atom. The minimum atomic E-state index is -0.464. The number of nitrogens with one attached hydrogen (secondary N) is 1. The fraction of sp³-hybridized carbons (Fsp3) is 0.292. The lowest BCUT2D eigenvalue weighted by atomic mass is 9.84. The molecular weight excluding hydrogens is 364 g/mol. The first-order valence-electron chi connectivity index (χ1n) is 9.96. The Kier molecular flexibility index (Phi) is 5.30. The third kappa shape index (κ3) is 3.99. The lowest BCUT2D eigenvalue weighted by Crippen LogP contribution is -2.24. The summed E-state index contributed by atoms with van der Waals surface area (Å²) in [5.41, 5.74) is 4.95. The Balaban J connectivity index is 1.57. The third-order valence-electron chi connectivity index (χ3n) is 5.46. The van der Waals surface area contributed by atoms with Gasteiger partial charge in [-0.05, 0) is 55.4 Å². The van der Waals surface area contributed by atoms with Crippen LogP contribution in [0.2, 0.25) is 0 Å². The summed E-state index contributed by atoms with van der Waals surface area (Å²) in [5.74, 6) is -0.330. The summed E-state index contributed by atoms with van der Waals surface area (Å²) < 4.78 is 5.43. The molecule has 1 amide bonds. The maximum atomic E-state index is 13.0. The molecule has 29 heavy (non-hydrogen) atoms. The monoisotopic (exact) mass is 388 g/mol. The van der Waals surface area contributed by atoms with Crippen LogP contribution in [0.3, 0.4) is 0 Å². The normalized spacial score (nSPS) is 15.6. The number of hydrogen-bond donors (Lipinski definition) is 1. The molecule has 4 rings (SSSR count). The first kappa shape index (κ1) is 19.1. The molecule has 0 radical (unpaired) electrons. The summed E-state index contributed by atoms with van der Waals surface area (Å²) in [6.07, 6.45) is 2.72. The molecule has 1 heterocycles. The van der Waals surface area contributed by atoms with E-state index in [4.69, 9.17) is 9.72 Å². The van der Waals surface area contributed by atoms with E-state index in [0.29, 0.717) is 17.2 Å². The van der Waals surface area contributed by atoms with Gasteiger partial charge in [-0.15, -0.1) is 0 Å². The molecule has 5 heteroatoms. The van der Waals surface area contributed by atoms with Crippen LogP contribution in [0.15, 0.2) is 48.5 Å². The molecule has 5 nitrogen and oxygen atoms in total. The van der Waals surface area contributed by atoms with Gasteiger partial charge in [0.05, 0.1) is 11.1 Å². The van der Waals surface area contributed by atoms with E-state index in [9.17, 15) is 9.59 Å². The second-order valence-corrected chi connectivity index (χ2v) is 7.72. The molecule has 1 atom stereocenters. The van der Waals surface area contributed by atoms with Gasteiger partial charge < -0.3 is 10.1 Å². The molecule has 148 valence electrons. The first-order chi connectivity index (χ1) is 14.0. The number of aryl methyl sites for hydroxylation is 2. The first-order valence-corrected chi connectivity index (χ1v) is 9.96. The second-order valence-electron chi connectivity index (χ2n) is 7.72. The topological polar surface area (TPSA) is 68.3 Å². The summed E-state index contributed by atoms with van der Waals surface area (Å²) in [6.45, 7) is 3.77. The lowest BCUT2D eigenvalue weighted by Gasteiger charge is -2.24. The molecule has 3 aromatic rings. The number of esters is 1. The van der Waals surface area contributed by atoms with E-state index in [1.807, 2.05) is 55.5 Å². The number of carbonyl (C=O) groups excluding carboxylic acids is 2. The minimum absolute atomic E-state index is 0.325. The van der Waals surface area contributed by atoms with Crippen molar-refractivity contribution in [1.82, 2.24) is 4.98 Å². The quantitative estimate of drug-likeness (QED) is 0.670. The Hall–Kier alpha value is -3.21. The number of amides is 1. The molecule has 0 bridgehead atoms. The maximum Gasteiger partial charge on any atom is 0.339 e. The van der Waals surface area contributed by atoms with Crippen molar-refractivity contribution in [3.05, 3.63) is 70.9 Å². The number of rotatable bonds is 4. The fourth-order valence-electron chi connectivity index (χ4n) is 3.90. The van der Waals surface area contributed by atoms with Crippen LogP contribution < -0.4 is 5.32 Å². The Bertz CT molecular complexity index is 1090. The molecule has 1 aliphatic carbocycles. The number of aromatic nitrogens is 1. The number of fused-ring (bicyclic) bond motifs is 2. The largest absolute Gasteiger partial charge is 0.452 e. The number of pyridine rings is 1. The third-order valence-corrected chi connectivity index (χ3v) is 5.46. The van der Waals surface area contributed by atoms with Gasteiger partial charge in [0.2, 0.25) is 0 Å². The van der Waals surface area contributed by atoms with Gasteiger partial charge in [0, 0.05) is 16.8 Å². The van der Waals surface area contributed by atoms with Crippen LogP contribution in [0.5, 0.6) is 0 Å². The number of ether oxygens (including phenoxy) is 1. The molecule has 0 saturated carbocycles. The Morgan fingerprint density at radius 2 is 1.90 bits per heavy atom. The van der Waals surface area contributed by atoms with Gasteiger partial charge in [-0.2, -0.15) is 0 Å². The zero-order valence-electron chi connectivity index (χ0n) is 16.7. The molecule has 0 fully saturated rings. The average molecular weight is 388 g/mol. The zero-order valence-corrected chi connectivity index (χ0v) is 16.7. The standard InChI is InChI=1S/C24H24N2O3/c1-15-11-12-21-18(13-15)23(17-8-4-6-10-20(17)25-21)24(28)29-14-22(27)26-19-9-5-3-7-16(19)2/h3-10,15H,11-14H2,1-2H3,(H,26,27)/t15-/m0/s1. The SMILES string of the molecule is Cc1ccccc1NC(=O)COC(=O)c1c2c(nc3ccccc13)CC[C@H](C)C2. The van der Waals surface area contributed by atoms with Crippen molar-refractivity contribution in [2.75, 3.05) is 11.9 Å². The Morgan fingerprint density at radius 3 is 2.72 bits per heavy atom. The number of nitrogens with zero attached hydrogens (tertiary/aromatic N) is 1. The van der Waals surface area contributed by atoms with Crippen LogP contribution in [-0.4, -0.2) is 23.5 Å². The van der Waals surface area contributed by atoms with Gasteiger partial charge in [0.1, 0.15) is 0 Å². The van der Waals surface area contributed by atoms with E-state index in [0.717, 1.165) is 47.0 Å². The van der Waals surface area contributed by atoms with Crippen LogP contribution in [0.1, 0.15) is 40.5 Å². The second kappa shape index (κ2) is 8.03. The highest BCUT2D eigenvalue weighted by atomic mass is 16.5. The van der Waals surface area contributed by atoms with E-state index in [2.05, 4.69) is 12.2 Å². The average Bonchev–Trinajstić information content (AvgIpc) is 2.72. The van der Waals surface area contributed by atoms with Crippen molar-refractivity contribution in [3.63, 3.8) is 0 Å². The fourth-order valence-corrected chi connectivity index (χ4v) is 3.90. The van der Waals surface area contributed by atoms with Gasteiger partial charge >= 0.3 is 5.97 Å². The highest BCUT2D eigenvalue weighted by Crippen LogP contribution is 2.32. The maximum absolute atomic E-state index is 13.0. The summed E-state index contributed by atoms with van der Waals surface area (Å²) in [5, 5.41) is 3.58. The number of anilines is 1. The van der Waals surface area contributed by atoms with Gasteiger partial charge in [-0.1, -0.05) is 43.3 Å². The predicted molar refractivity (Wildman–Crippen MR) is 113 cm³/mol. The predicted octanol–water partition coefficient (Wildman–Crippen LogP) is 4.46. The molecule has 1 aliphatic rings. The number of hydrogen-bond acceptors (Lipinski definition) is 4. The van der Waals surface area contributed by atoms with E-state index in [1.54, 1.807) is 0 Å². The summed E-state index contributed by atoms with van der Waals surface area (Å²) >= 11 is 0. The van der Waals surface area contributed by atoms with Gasteiger partial charge in [-0.25, -0.2) is 4.79 Å². The van der Waals surface area contributed by atoms with Crippen LogP contribution >= 0.6 is 0 Å². The summed E-state index contributed by atoms with van der Waals surface area (Å²) in [7, 11) is 0. The molecular formula is C24H24N2O3. The smallest absolute Gasteiger partial charge is 0.339 e. The highest BCUT2D eigenvalue weighted by Gasteiger charge is 2.26. The molecule has 1 N–H and O–H groups in total. The molecule has 1 aromatic heterocycles. The number of para-hydroxylation sites is 2. The van der Waals surface area contributed by atoms with Crippen LogP contribution in [-0.2, 0) is 22.4 Å².